The first-order valence-corrected chi connectivity index (χ1v) is 8.32. The molecular formula is C19H27Cl. The van der Waals surface area contributed by atoms with Gasteiger partial charge in [0.25, 0.3) is 0 Å². The number of hydrogen-bond donors (Lipinski definition) is 0. The Bertz CT molecular complexity index is 563. The van der Waals surface area contributed by atoms with Crippen LogP contribution in [0.4, 0.5) is 0 Å². The fourth-order valence-electron chi connectivity index (χ4n) is 4.14. The molecule has 110 valence electrons. The van der Waals surface area contributed by atoms with E-state index in [1.54, 1.807) is 5.56 Å². The van der Waals surface area contributed by atoms with Crippen molar-refractivity contribution in [1.82, 2.24) is 0 Å². The highest BCUT2D eigenvalue weighted by molar-refractivity contribution is 6.21. The van der Waals surface area contributed by atoms with Crippen molar-refractivity contribution in [2.75, 3.05) is 0 Å². The number of fused-ring (bicyclic) bond motifs is 2. The van der Waals surface area contributed by atoms with Crippen molar-refractivity contribution in [3.63, 3.8) is 0 Å². The van der Waals surface area contributed by atoms with Crippen LogP contribution in [0.1, 0.15) is 88.4 Å². The lowest BCUT2D eigenvalue weighted by Crippen LogP contribution is -2.34. The van der Waals surface area contributed by atoms with Gasteiger partial charge in [0.05, 0.1) is 5.38 Å². The molecule has 0 bridgehead atoms. The van der Waals surface area contributed by atoms with Gasteiger partial charge in [0.2, 0.25) is 0 Å². The number of hydrogen-bond acceptors (Lipinski definition) is 0. The van der Waals surface area contributed by atoms with E-state index in [1.807, 2.05) is 0 Å². The Morgan fingerprint density at radius 3 is 1.85 bits per heavy atom. The summed E-state index contributed by atoms with van der Waals surface area (Å²) in [7, 11) is 0. The molecule has 1 unspecified atom stereocenters. The summed E-state index contributed by atoms with van der Waals surface area (Å²) in [6, 6.07) is 4.94. The maximum Gasteiger partial charge on any atom is 0.0596 e. The molecule has 1 atom stereocenters. The van der Waals surface area contributed by atoms with E-state index >= 15 is 0 Å². The fourth-order valence-corrected chi connectivity index (χ4v) is 4.71. The number of alkyl halides is 1. The maximum absolute atomic E-state index is 6.63. The first-order chi connectivity index (χ1) is 9.05. The molecule has 0 saturated carbocycles. The minimum Gasteiger partial charge on any atom is -0.118 e. The van der Waals surface area contributed by atoms with Crippen molar-refractivity contribution >= 4 is 11.6 Å². The van der Waals surface area contributed by atoms with E-state index in [1.165, 1.54) is 29.5 Å². The van der Waals surface area contributed by atoms with E-state index in [4.69, 9.17) is 11.6 Å². The van der Waals surface area contributed by atoms with E-state index in [9.17, 15) is 0 Å². The molecule has 0 radical (unpaired) electrons. The zero-order chi connectivity index (χ0) is 14.9. The van der Waals surface area contributed by atoms with Crippen LogP contribution in [-0.2, 0) is 16.2 Å². The van der Waals surface area contributed by atoms with Gasteiger partial charge in [-0.25, -0.2) is 0 Å². The summed E-state index contributed by atoms with van der Waals surface area (Å²) >= 11 is 6.63. The van der Waals surface area contributed by atoms with Crippen LogP contribution in [-0.4, -0.2) is 0 Å². The van der Waals surface area contributed by atoms with Gasteiger partial charge in [-0.3, -0.25) is 0 Å². The van der Waals surface area contributed by atoms with Crippen LogP contribution in [0.5, 0.6) is 0 Å². The molecule has 0 nitrogen and oxygen atoms in total. The maximum atomic E-state index is 6.63. The summed E-state index contributed by atoms with van der Waals surface area (Å²) in [5.41, 5.74) is 6.77. The second-order valence-corrected chi connectivity index (χ2v) is 9.34. The van der Waals surface area contributed by atoms with Crippen LogP contribution in [0.3, 0.4) is 0 Å². The normalized spacial score (nSPS) is 28.9. The van der Waals surface area contributed by atoms with Crippen molar-refractivity contribution in [2.45, 2.75) is 82.4 Å². The predicted molar refractivity (Wildman–Crippen MR) is 88.0 cm³/mol. The lowest BCUT2D eigenvalue weighted by atomic mass is 9.62. The van der Waals surface area contributed by atoms with Gasteiger partial charge in [-0.1, -0.05) is 53.7 Å². The van der Waals surface area contributed by atoms with E-state index in [-0.39, 0.29) is 16.2 Å². The minimum atomic E-state index is 0.186. The smallest absolute Gasteiger partial charge is 0.0596 e. The molecule has 20 heavy (non-hydrogen) atoms. The van der Waals surface area contributed by atoms with Crippen molar-refractivity contribution in [2.24, 2.45) is 0 Å². The Labute approximate surface area is 128 Å². The van der Waals surface area contributed by atoms with Crippen LogP contribution in [0.25, 0.3) is 0 Å². The van der Waals surface area contributed by atoms with E-state index in [0.717, 1.165) is 6.42 Å². The highest BCUT2D eigenvalue weighted by Gasteiger charge is 2.42. The Balaban J connectivity index is 2.28. The molecule has 0 spiro atoms. The van der Waals surface area contributed by atoms with Gasteiger partial charge >= 0.3 is 0 Å². The average molecular weight is 291 g/mol. The van der Waals surface area contributed by atoms with Gasteiger partial charge in [-0.05, 0) is 57.8 Å². The van der Waals surface area contributed by atoms with Crippen LogP contribution < -0.4 is 0 Å². The number of halogens is 1. The Morgan fingerprint density at radius 1 is 0.800 bits per heavy atom. The fraction of sp³-hybridized carbons (Fsp3) is 0.684. The van der Waals surface area contributed by atoms with Crippen LogP contribution in [0, 0.1) is 0 Å². The third kappa shape index (κ3) is 1.95. The van der Waals surface area contributed by atoms with Gasteiger partial charge in [0, 0.05) is 0 Å². The summed E-state index contributed by atoms with van der Waals surface area (Å²) < 4.78 is 0. The van der Waals surface area contributed by atoms with Gasteiger partial charge in [-0.15, -0.1) is 11.6 Å². The summed E-state index contributed by atoms with van der Waals surface area (Å²) in [4.78, 5) is 0. The number of benzene rings is 1. The van der Waals surface area contributed by atoms with Gasteiger partial charge in [-0.2, -0.15) is 0 Å². The molecule has 1 heteroatoms. The molecule has 2 aliphatic carbocycles. The summed E-state index contributed by atoms with van der Waals surface area (Å²) in [6.07, 6.45) is 3.60. The SMILES string of the molecule is CC1(C)CC(Cl)c2cc3c(cc21)C(C)(C)CCC3(C)C. The zero-order valence-electron chi connectivity index (χ0n) is 13.7. The third-order valence-corrected chi connectivity index (χ3v) is 6.17. The van der Waals surface area contributed by atoms with Crippen LogP contribution >= 0.6 is 11.6 Å². The Hall–Kier alpha value is -0.490. The molecule has 0 heterocycles. The molecule has 1 aromatic carbocycles. The topological polar surface area (TPSA) is 0 Å². The van der Waals surface area contributed by atoms with Crippen molar-refractivity contribution in [3.05, 3.63) is 34.4 Å². The van der Waals surface area contributed by atoms with E-state index in [2.05, 4.69) is 53.7 Å². The molecule has 0 aromatic heterocycles. The molecule has 1 aromatic rings. The Kier molecular flexibility index (Phi) is 2.91. The largest absolute Gasteiger partial charge is 0.118 e. The summed E-state index contributed by atoms with van der Waals surface area (Å²) in [5, 5.41) is 0.186. The van der Waals surface area contributed by atoms with Crippen molar-refractivity contribution < 1.29 is 0 Å². The lowest BCUT2D eigenvalue weighted by Gasteiger charge is -2.42. The first-order valence-electron chi connectivity index (χ1n) is 7.88. The van der Waals surface area contributed by atoms with E-state index in [0.29, 0.717) is 5.41 Å². The van der Waals surface area contributed by atoms with Crippen LogP contribution in [0.15, 0.2) is 12.1 Å². The van der Waals surface area contributed by atoms with Gasteiger partial charge in [0.15, 0.2) is 0 Å². The molecule has 3 rings (SSSR count). The quantitative estimate of drug-likeness (QED) is 0.514. The molecule has 0 saturated heterocycles. The molecule has 0 fully saturated rings. The van der Waals surface area contributed by atoms with Crippen LogP contribution in [0.2, 0.25) is 0 Å². The number of rotatable bonds is 0. The zero-order valence-corrected chi connectivity index (χ0v) is 14.5. The van der Waals surface area contributed by atoms with Gasteiger partial charge in [0.1, 0.15) is 0 Å². The second kappa shape index (κ2) is 4.03. The molecule has 2 aliphatic rings. The minimum absolute atomic E-state index is 0.186. The molecule has 0 aliphatic heterocycles. The highest BCUT2D eigenvalue weighted by atomic mass is 35.5. The van der Waals surface area contributed by atoms with Crippen molar-refractivity contribution in [1.29, 1.82) is 0 Å². The second-order valence-electron chi connectivity index (χ2n) is 8.81. The third-order valence-electron chi connectivity index (χ3n) is 5.78. The predicted octanol–water partition coefficient (Wildman–Crippen LogP) is 6.00. The lowest BCUT2D eigenvalue weighted by molar-refractivity contribution is 0.331. The molecular weight excluding hydrogens is 264 g/mol. The van der Waals surface area contributed by atoms with E-state index < -0.39 is 0 Å². The van der Waals surface area contributed by atoms with Crippen molar-refractivity contribution in [3.8, 4) is 0 Å². The highest BCUT2D eigenvalue weighted by Crippen LogP contribution is 2.53. The molecule has 0 N–H and O–H groups in total. The summed E-state index contributed by atoms with van der Waals surface area (Å²) in [5.74, 6) is 0. The Morgan fingerprint density at radius 2 is 1.30 bits per heavy atom. The first kappa shape index (κ1) is 14.4. The van der Waals surface area contributed by atoms with Gasteiger partial charge < -0.3 is 0 Å². The summed E-state index contributed by atoms with van der Waals surface area (Å²) in [6.45, 7) is 14.2. The monoisotopic (exact) mass is 290 g/mol. The average Bonchev–Trinajstić information content (AvgIpc) is 2.55. The standard InChI is InChI=1S/C19H27Cl/c1-17(2)7-8-18(3,4)15-10-13-12(9-14(15)17)16(20)11-19(13,5)6/h9-10,16H,7-8,11H2,1-6H3. The molecule has 0 amide bonds.